The molecule has 0 aromatic carbocycles. The third-order valence-electron chi connectivity index (χ3n) is 2.38. The van der Waals surface area contributed by atoms with Crippen LogP contribution < -0.4 is 5.32 Å². The fourth-order valence-corrected chi connectivity index (χ4v) is 1.40. The first-order valence-electron chi connectivity index (χ1n) is 5.29. The van der Waals surface area contributed by atoms with Gasteiger partial charge < -0.3 is 5.32 Å². The summed E-state index contributed by atoms with van der Waals surface area (Å²) in [4.78, 5) is 21.7. The van der Waals surface area contributed by atoms with Gasteiger partial charge in [0.2, 0.25) is 5.95 Å². The molecule has 2 heterocycles. The summed E-state index contributed by atoms with van der Waals surface area (Å²) in [7, 11) is 0. The van der Waals surface area contributed by atoms with Crippen molar-refractivity contribution < 1.29 is 4.92 Å². The average molecular weight is 245 g/mol. The van der Waals surface area contributed by atoms with Crippen LogP contribution in [0.2, 0.25) is 0 Å². The number of pyridine rings is 1. The van der Waals surface area contributed by atoms with Crippen molar-refractivity contribution >= 4 is 11.6 Å². The van der Waals surface area contributed by atoms with Gasteiger partial charge in [-0.3, -0.25) is 15.1 Å². The third kappa shape index (κ3) is 2.76. The van der Waals surface area contributed by atoms with E-state index in [0.29, 0.717) is 5.95 Å². The molecule has 0 spiro atoms. The van der Waals surface area contributed by atoms with Gasteiger partial charge in [-0.1, -0.05) is 6.07 Å². The molecule has 0 amide bonds. The Labute approximate surface area is 103 Å². The number of hydrogen-bond donors (Lipinski definition) is 1. The fourth-order valence-electron chi connectivity index (χ4n) is 1.40. The maximum Gasteiger partial charge on any atom is 0.305 e. The van der Waals surface area contributed by atoms with Gasteiger partial charge in [0, 0.05) is 12.4 Å². The fraction of sp³-hybridized carbons (Fsp3) is 0.182. The van der Waals surface area contributed by atoms with Crippen molar-refractivity contribution in [3.05, 3.63) is 52.6 Å². The predicted octanol–water partition coefficient (Wildman–Crippen LogP) is 1.95. The van der Waals surface area contributed by atoms with Crippen molar-refractivity contribution in [1.82, 2.24) is 15.0 Å². The Kier molecular flexibility index (Phi) is 3.42. The zero-order valence-electron chi connectivity index (χ0n) is 9.65. The van der Waals surface area contributed by atoms with Gasteiger partial charge in [-0.15, -0.1) is 0 Å². The van der Waals surface area contributed by atoms with Crippen LogP contribution in [-0.4, -0.2) is 19.9 Å². The van der Waals surface area contributed by atoms with Gasteiger partial charge >= 0.3 is 5.69 Å². The van der Waals surface area contributed by atoms with E-state index < -0.39 is 4.92 Å². The first-order chi connectivity index (χ1) is 8.66. The molecule has 0 bridgehead atoms. The Morgan fingerprint density at radius 3 is 2.61 bits per heavy atom. The lowest BCUT2D eigenvalue weighted by Gasteiger charge is -2.12. The molecule has 2 aromatic rings. The van der Waals surface area contributed by atoms with Crippen molar-refractivity contribution in [2.75, 3.05) is 5.32 Å². The summed E-state index contributed by atoms with van der Waals surface area (Å²) in [5, 5.41) is 13.5. The van der Waals surface area contributed by atoms with Gasteiger partial charge in [-0.05, 0) is 18.6 Å². The van der Waals surface area contributed by atoms with Crippen LogP contribution in [-0.2, 0) is 0 Å². The van der Waals surface area contributed by atoms with E-state index in [-0.39, 0.29) is 11.7 Å². The van der Waals surface area contributed by atoms with Crippen molar-refractivity contribution in [3.63, 3.8) is 0 Å². The van der Waals surface area contributed by atoms with Crippen LogP contribution in [0.1, 0.15) is 18.5 Å². The van der Waals surface area contributed by atoms with Gasteiger partial charge in [0.25, 0.3) is 0 Å². The van der Waals surface area contributed by atoms with Gasteiger partial charge in [-0.25, -0.2) is 9.97 Å². The van der Waals surface area contributed by atoms with E-state index in [2.05, 4.69) is 20.3 Å². The molecule has 0 aliphatic rings. The molecule has 1 atom stereocenters. The molecule has 1 N–H and O–H groups in total. The molecule has 0 fully saturated rings. The topological polar surface area (TPSA) is 93.8 Å². The summed E-state index contributed by atoms with van der Waals surface area (Å²) >= 11 is 0. The second-order valence-electron chi connectivity index (χ2n) is 3.67. The van der Waals surface area contributed by atoms with E-state index in [0.717, 1.165) is 5.56 Å². The Bertz CT molecular complexity index is 529. The molecule has 0 radical (unpaired) electrons. The van der Waals surface area contributed by atoms with E-state index in [1.807, 2.05) is 19.1 Å². The molecule has 2 rings (SSSR count). The average Bonchev–Trinajstić information content (AvgIpc) is 2.40. The summed E-state index contributed by atoms with van der Waals surface area (Å²) in [5.74, 6) is 0.344. The highest BCUT2D eigenvalue weighted by molar-refractivity contribution is 5.33. The van der Waals surface area contributed by atoms with Crippen LogP contribution in [0.4, 0.5) is 11.6 Å². The van der Waals surface area contributed by atoms with Crippen LogP contribution >= 0.6 is 0 Å². The Morgan fingerprint density at radius 1 is 1.33 bits per heavy atom. The maximum absolute atomic E-state index is 10.5. The number of nitrogens with zero attached hydrogens (tertiary/aromatic N) is 4. The van der Waals surface area contributed by atoms with Crippen molar-refractivity contribution in [1.29, 1.82) is 0 Å². The molecule has 92 valence electrons. The molecule has 1 unspecified atom stereocenters. The molecule has 0 saturated heterocycles. The Hall–Kier alpha value is -2.57. The predicted molar refractivity (Wildman–Crippen MR) is 65.0 cm³/mol. The van der Waals surface area contributed by atoms with Crippen LogP contribution in [0.3, 0.4) is 0 Å². The molecular weight excluding hydrogens is 234 g/mol. The van der Waals surface area contributed by atoms with Crippen LogP contribution in [0.25, 0.3) is 0 Å². The number of nitro groups is 1. The SMILES string of the molecule is CC(Nc1ncc([N+](=O)[O-])cn1)c1cccnc1. The number of aromatic nitrogens is 3. The number of anilines is 1. The number of rotatable bonds is 4. The lowest BCUT2D eigenvalue weighted by atomic mass is 10.1. The number of nitrogens with one attached hydrogen (secondary N) is 1. The minimum atomic E-state index is -0.533. The first kappa shape index (κ1) is 11.9. The normalized spacial score (nSPS) is 11.8. The largest absolute Gasteiger partial charge is 0.348 e. The molecule has 0 aliphatic heterocycles. The molecule has 0 aliphatic carbocycles. The zero-order valence-corrected chi connectivity index (χ0v) is 9.65. The summed E-state index contributed by atoms with van der Waals surface area (Å²) in [5.41, 5.74) is 0.856. The maximum atomic E-state index is 10.5. The molecule has 18 heavy (non-hydrogen) atoms. The lowest BCUT2D eigenvalue weighted by molar-refractivity contribution is -0.385. The highest BCUT2D eigenvalue weighted by Gasteiger charge is 2.09. The summed E-state index contributed by atoms with van der Waals surface area (Å²) in [6.07, 6.45) is 5.78. The van der Waals surface area contributed by atoms with Crippen molar-refractivity contribution in [2.24, 2.45) is 0 Å². The first-order valence-corrected chi connectivity index (χ1v) is 5.29. The van der Waals surface area contributed by atoms with Crippen LogP contribution in [0.5, 0.6) is 0 Å². The quantitative estimate of drug-likeness (QED) is 0.653. The molecule has 0 saturated carbocycles. The van der Waals surface area contributed by atoms with Gasteiger partial charge in [0.15, 0.2) is 0 Å². The highest BCUT2D eigenvalue weighted by Crippen LogP contribution is 2.16. The van der Waals surface area contributed by atoms with Gasteiger partial charge in [-0.2, -0.15) is 0 Å². The second kappa shape index (κ2) is 5.17. The van der Waals surface area contributed by atoms with Crippen molar-refractivity contribution in [2.45, 2.75) is 13.0 Å². The van der Waals surface area contributed by atoms with Crippen LogP contribution in [0, 0.1) is 10.1 Å². The van der Waals surface area contributed by atoms with E-state index in [4.69, 9.17) is 0 Å². The summed E-state index contributed by atoms with van der Waals surface area (Å²) in [6, 6.07) is 3.74. The molecular formula is C11H11N5O2. The minimum Gasteiger partial charge on any atom is -0.348 e. The minimum absolute atomic E-state index is 0.0276. The van der Waals surface area contributed by atoms with Gasteiger partial charge in [0.05, 0.1) is 11.0 Å². The van der Waals surface area contributed by atoms with E-state index in [9.17, 15) is 10.1 Å². The Balaban J connectivity index is 2.08. The number of hydrogen-bond acceptors (Lipinski definition) is 6. The smallest absolute Gasteiger partial charge is 0.305 e. The van der Waals surface area contributed by atoms with E-state index in [1.165, 1.54) is 12.4 Å². The lowest BCUT2D eigenvalue weighted by Crippen LogP contribution is -2.09. The summed E-state index contributed by atoms with van der Waals surface area (Å²) < 4.78 is 0. The molecule has 7 heteroatoms. The molecule has 7 nitrogen and oxygen atoms in total. The highest BCUT2D eigenvalue weighted by atomic mass is 16.6. The van der Waals surface area contributed by atoms with E-state index >= 15 is 0 Å². The zero-order chi connectivity index (χ0) is 13.0. The van der Waals surface area contributed by atoms with Gasteiger partial charge in [0.1, 0.15) is 12.4 Å². The standard InChI is InChI=1S/C11H11N5O2/c1-8(9-3-2-4-12-5-9)15-11-13-6-10(7-14-11)16(17)18/h2-8H,1H3,(H,13,14,15). The van der Waals surface area contributed by atoms with E-state index in [1.54, 1.807) is 12.4 Å². The van der Waals surface area contributed by atoms with Crippen LogP contribution in [0.15, 0.2) is 36.9 Å². The Morgan fingerprint density at radius 2 is 2.06 bits per heavy atom. The van der Waals surface area contributed by atoms with Crippen molar-refractivity contribution in [3.8, 4) is 0 Å². The summed E-state index contributed by atoms with van der Waals surface area (Å²) in [6.45, 7) is 1.93. The third-order valence-corrected chi connectivity index (χ3v) is 2.38. The second-order valence-corrected chi connectivity index (χ2v) is 3.67. The monoisotopic (exact) mass is 245 g/mol. The molecule has 2 aromatic heterocycles.